The minimum absolute atomic E-state index is 0.341. The van der Waals surface area contributed by atoms with E-state index in [1.807, 2.05) is 37.3 Å². The summed E-state index contributed by atoms with van der Waals surface area (Å²) in [7, 11) is 0. The van der Waals surface area contributed by atoms with Crippen molar-refractivity contribution in [3.05, 3.63) is 54.2 Å². The molecule has 2 amide bonds. The highest BCUT2D eigenvalue weighted by atomic mass is 32.1. The normalized spacial score (nSPS) is 11.0. The monoisotopic (exact) mass is 391 g/mol. The summed E-state index contributed by atoms with van der Waals surface area (Å²) in [5, 5.41) is 5.96. The Morgan fingerprint density at radius 2 is 2.07 bits per heavy atom. The van der Waals surface area contributed by atoms with Gasteiger partial charge in [-0.25, -0.2) is 23.5 Å². The minimum Gasteiger partial charge on any atom is -0.337 e. The van der Waals surface area contributed by atoms with Crippen LogP contribution in [0.4, 0.5) is 18.7 Å². The summed E-state index contributed by atoms with van der Waals surface area (Å²) in [5.41, 5.74) is 2.55. The van der Waals surface area contributed by atoms with Crippen LogP contribution in [0.5, 0.6) is 0 Å². The Bertz CT molecular complexity index is 894. The number of thiazole rings is 1. The van der Waals surface area contributed by atoms with Crippen molar-refractivity contribution in [1.82, 2.24) is 19.9 Å². The fourth-order valence-electron chi connectivity index (χ4n) is 2.55. The van der Waals surface area contributed by atoms with Crippen LogP contribution in [0.15, 0.2) is 42.9 Å². The van der Waals surface area contributed by atoms with Gasteiger partial charge in [0.05, 0.1) is 29.1 Å². The van der Waals surface area contributed by atoms with Crippen molar-refractivity contribution in [2.75, 3.05) is 11.9 Å². The molecule has 9 heteroatoms. The minimum atomic E-state index is -2.42. The summed E-state index contributed by atoms with van der Waals surface area (Å²) in [5.74, 6) is 0. The number of benzene rings is 1. The van der Waals surface area contributed by atoms with Crippen molar-refractivity contribution in [1.29, 1.82) is 0 Å². The van der Waals surface area contributed by atoms with Gasteiger partial charge in [-0.2, -0.15) is 0 Å². The van der Waals surface area contributed by atoms with E-state index in [0.29, 0.717) is 23.8 Å². The Balaban J connectivity index is 1.49. The first kappa shape index (κ1) is 19.0. The van der Waals surface area contributed by atoms with E-state index < -0.39 is 6.43 Å². The van der Waals surface area contributed by atoms with Crippen molar-refractivity contribution < 1.29 is 13.6 Å². The summed E-state index contributed by atoms with van der Waals surface area (Å²) < 4.78 is 26.0. The number of nitrogens with one attached hydrogen (secondary N) is 2. The van der Waals surface area contributed by atoms with Crippen LogP contribution < -0.4 is 10.6 Å². The quantitative estimate of drug-likeness (QED) is 0.641. The molecule has 0 aliphatic heterocycles. The third-order valence-electron chi connectivity index (χ3n) is 3.76. The molecule has 142 valence electrons. The van der Waals surface area contributed by atoms with Gasteiger partial charge in [0, 0.05) is 19.2 Å². The zero-order valence-corrected chi connectivity index (χ0v) is 15.5. The molecule has 0 fully saturated rings. The van der Waals surface area contributed by atoms with E-state index in [9.17, 15) is 13.6 Å². The second-order valence-corrected chi connectivity index (χ2v) is 6.88. The number of hydrogen-bond acceptors (Lipinski definition) is 4. The average molecular weight is 391 g/mol. The Hall–Kier alpha value is -2.81. The molecule has 0 saturated carbocycles. The lowest BCUT2D eigenvalue weighted by Gasteiger charge is -2.04. The van der Waals surface area contributed by atoms with E-state index in [4.69, 9.17) is 0 Å². The van der Waals surface area contributed by atoms with E-state index in [1.165, 1.54) is 22.2 Å². The van der Waals surface area contributed by atoms with Gasteiger partial charge in [0.1, 0.15) is 0 Å². The van der Waals surface area contributed by atoms with Crippen LogP contribution in [0.2, 0.25) is 0 Å². The van der Waals surface area contributed by atoms with Gasteiger partial charge in [-0.05, 0) is 12.5 Å². The van der Waals surface area contributed by atoms with E-state index in [1.54, 1.807) is 6.20 Å². The molecule has 6 nitrogen and oxygen atoms in total. The lowest BCUT2D eigenvalue weighted by atomic mass is 10.2. The van der Waals surface area contributed by atoms with E-state index >= 15 is 0 Å². The van der Waals surface area contributed by atoms with Crippen molar-refractivity contribution in [3.8, 4) is 10.4 Å². The lowest BCUT2D eigenvalue weighted by molar-refractivity contribution is 0.126. The van der Waals surface area contributed by atoms with Crippen LogP contribution in [0.1, 0.15) is 11.4 Å². The Kier molecular flexibility index (Phi) is 6.12. The molecule has 27 heavy (non-hydrogen) atoms. The number of aromatic nitrogens is 3. The van der Waals surface area contributed by atoms with Crippen LogP contribution >= 0.6 is 11.3 Å². The van der Waals surface area contributed by atoms with Gasteiger partial charge in [-0.15, -0.1) is 0 Å². The van der Waals surface area contributed by atoms with Gasteiger partial charge in [0.2, 0.25) is 0 Å². The number of carbonyl (C=O) groups is 1. The first-order chi connectivity index (χ1) is 13.0. The Labute approximate surface area is 159 Å². The summed E-state index contributed by atoms with van der Waals surface area (Å²) in [4.78, 5) is 21.5. The highest BCUT2D eigenvalue weighted by molar-refractivity contribution is 7.19. The molecule has 0 bridgehead atoms. The van der Waals surface area contributed by atoms with Crippen LogP contribution in [-0.4, -0.2) is 33.5 Å². The summed E-state index contributed by atoms with van der Waals surface area (Å²) in [6, 6.07) is 9.49. The second kappa shape index (κ2) is 8.72. The van der Waals surface area contributed by atoms with Gasteiger partial charge in [-0.3, -0.25) is 5.32 Å². The SMILES string of the molecule is Cc1nc(NC(=O)NCCc2cn(CC(F)F)cn2)sc1-c1ccccc1. The fourth-order valence-corrected chi connectivity index (χ4v) is 3.51. The van der Waals surface area contributed by atoms with Gasteiger partial charge in [-0.1, -0.05) is 41.7 Å². The zero-order chi connectivity index (χ0) is 19.2. The number of carbonyl (C=O) groups excluding carboxylic acids is 1. The highest BCUT2D eigenvalue weighted by Gasteiger charge is 2.12. The van der Waals surface area contributed by atoms with Gasteiger partial charge < -0.3 is 9.88 Å². The number of nitrogens with zero attached hydrogens (tertiary/aromatic N) is 3. The number of imidazole rings is 1. The molecule has 1 aromatic carbocycles. The fraction of sp³-hybridized carbons (Fsp3) is 0.278. The molecule has 3 rings (SSSR count). The predicted octanol–water partition coefficient (Wildman–Crippen LogP) is 3.94. The van der Waals surface area contributed by atoms with Crippen molar-refractivity contribution in [2.45, 2.75) is 26.3 Å². The van der Waals surface area contributed by atoms with Gasteiger partial charge >= 0.3 is 6.03 Å². The Morgan fingerprint density at radius 3 is 2.81 bits per heavy atom. The molecule has 0 radical (unpaired) electrons. The maximum atomic E-state index is 12.3. The number of rotatable bonds is 7. The molecule has 0 spiro atoms. The van der Waals surface area contributed by atoms with Crippen molar-refractivity contribution in [2.24, 2.45) is 0 Å². The molecule has 2 heterocycles. The molecule has 0 saturated heterocycles. The molecular weight excluding hydrogens is 372 g/mol. The van der Waals surface area contributed by atoms with Crippen molar-refractivity contribution in [3.63, 3.8) is 0 Å². The molecule has 2 aromatic heterocycles. The van der Waals surface area contributed by atoms with E-state index in [2.05, 4.69) is 20.6 Å². The third kappa shape index (κ3) is 5.33. The van der Waals surface area contributed by atoms with Crippen LogP contribution in [0, 0.1) is 6.92 Å². The predicted molar refractivity (Wildman–Crippen MR) is 101 cm³/mol. The third-order valence-corrected chi connectivity index (χ3v) is 4.88. The molecule has 0 unspecified atom stereocenters. The topological polar surface area (TPSA) is 71.8 Å². The number of urea groups is 1. The zero-order valence-electron chi connectivity index (χ0n) is 14.7. The molecule has 0 aliphatic carbocycles. The largest absolute Gasteiger partial charge is 0.337 e. The molecule has 2 N–H and O–H groups in total. The van der Waals surface area contributed by atoms with E-state index in [0.717, 1.165) is 16.1 Å². The standard InChI is InChI=1S/C18H19F2N5OS/c1-12-16(13-5-3-2-4-6-13)27-18(23-12)24-17(26)21-8-7-14-9-25(11-22-14)10-15(19)20/h2-6,9,11,15H,7-8,10H2,1H3,(H2,21,23,24,26). The number of halogens is 2. The van der Waals surface area contributed by atoms with Crippen molar-refractivity contribution >= 4 is 22.5 Å². The van der Waals surface area contributed by atoms with Gasteiger partial charge in [0.25, 0.3) is 6.43 Å². The first-order valence-electron chi connectivity index (χ1n) is 8.38. The van der Waals surface area contributed by atoms with Crippen LogP contribution in [-0.2, 0) is 13.0 Å². The van der Waals surface area contributed by atoms with Crippen LogP contribution in [0.3, 0.4) is 0 Å². The number of alkyl halides is 2. The first-order valence-corrected chi connectivity index (χ1v) is 9.19. The molecular formula is C18H19F2N5OS. The second-order valence-electron chi connectivity index (χ2n) is 5.88. The molecule has 0 atom stereocenters. The Morgan fingerprint density at radius 1 is 1.30 bits per heavy atom. The number of hydrogen-bond donors (Lipinski definition) is 2. The summed E-state index contributed by atoms with van der Waals surface area (Å²) >= 11 is 1.41. The average Bonchev–Trinajstić information content (AvgIpc) is 3.21. The van der Waals surface area contributed by atoms with Gasteiger partial charge in [0.15, 0.2) is 5.13 Å². The van der Waals surface area contributed by atoms with Crippen LogP contribution in [0.25, 0.3) is 10.4 Å². The summed E-state index contributed by atoms with van der Waals surface area (Å²) in [6.07, 6.45) is 0.960. The number of amides is 2. The highest BCUT2D eigenvalue weighted by Crippen LogP contribution is 2.32. The van der Waals surface area contributed by atoms with E-state index in [-0.39, 0.29) is 12.6 Å². The smallest absolute Gasteiger partial charge is 0.321 e. The molecule has 0 aliphatic rings. The number of aryl methyl sites for hydroxylation is 1. The number of anilines is 1. The molecule has 3 aromatic rings. The summed E-state index contributed by atoms with van der Waals surface area (Å²) in [6.45, 7) is 1.86. The maximum Gasteiger partial charge on any atom is 0.321 e. The maximum absolute atomic E-state index is 12.3. The lowest BCUT2D eigenvalue weighted by Crippen LogP contribution is -2.30.